The van der Waals surface area contributed by atoms with Gasteiger partial charge < -0.3 is 14.7 Å². The number of hydrogen-bond donors (Lipinski definition) is 1. The molecule has 0 aliphatic carbocycles. The number of aliphatic carboxylic acids is 1. The van der Waals surface area contributed by atoms with Crippen molar-refractivity contribution < 1.29 is 27.8 Å². The topological polar surface area (TPSA) is 62.1 Å². The minimum atomic E-state index is -4.37. The zero-order valence-corrected chi connectivity index (χ0v) is 13.2. The number of nitrogens with zero attached hydrogens (tertiary/aromatic N) is 2. The van der Waals surface area contributed by atoms with Gasteiger partial charge in [-0.2, -0.15) is 13.2 Å². The SMILES string of the molecule is CC1=CC(C(=O)O)=NCN1C(C)c1ccc(OCC(F)(F)F)cc1. The number of ether oxygens (including phenoxy) is 1. The molecule has 8 heteroatoms. The predicted octanol–water partition coefficient (Wildman–Crippen LogP) is 3.39. The molecule has 0 saturated heterocycles. The Hall–Kier alpha value is -2.51. The standard InChI is InChI=1S/C16H17F3N2O3/c1-10-7-14(15(22)23)20-9-21(10)11(2)12-3-5-13(6-4-12)24-8-16(17,18)19/h3-7,11H,8-9H2,1-2H3,(H,22,23). The van der Waals surface area contributed by atoms with Crippen LogP contribution in [0.15, 0.2) is 41.0 Å². The van der Waals surface area contributed by atoms with Crippen molar-refractivity contribution in [3.63, 3.8) is 0 Å². The highest BCUT2D eigenvalue weighted by Gasteiger charge is 2.28. The van der Waals surface area contributed by atoms with E-state index < -0.39 is 18.8 Å². The first-order valence-corrected chi connectivity index (χ1v) is 7.19. The monoisotopic (exact) mass is 342 g/mol. The van der Waals surface area contributed by atoms with Gasteiger partial charge in [0.05, 0.1) is 6.04 Å². The molecule has 0 radical (unpaired) electrons. The molecule has 0 fully saturated rings. The molecule has 0 saturated carbocycles. The fourth-order valence-corrected chi connectivity index (χ4v) is 2.34. The van der Waals surface area contributed by atoms with E-state index in [2.05, 4.69) is 9.73 Å². The molecule has 5 nitrogen and oxygen atoms in total. The Morgan fingerprint density at radius 2 is 2.00 bits per heavy atom. The van der Waals surface area contributed by atoms with Gasteiger partial charge in [0.2, 0.25) is 0 Å². The molecule has 1 aliphatic rings. The normalized spacial score (nSPS) is 16.3. The summed E-state index contributed by atoms with van der Waals surface area (Å²) in [7, 11) is 0. The average molecular weight is 342 g/mol. The number of allylic oxidation sites excluding steroid dienone is 1. The van der Waals surface area contributed by atoms with E-state index in [0.717, 1.165) is 11.3 Å². The summed E-state index contributed by atoms with van der Waals surface area (Å²) in [6.45, 7) is 2.57. The van der Waals surface area contributed by atoms with Gasteiger partial charge in [0.25, 0.3) is 0 Å². The van der Waals surface area contributed by atoms with Gasteiger partial charge in [-0.15, -0.1) is 0 Å². The molecule has 0 aromatic heterocycles. The molecule has 24 heavy (non-hydrogen) atoms. The van der Waals surface area contributed by atoms with Gasteiger partial charge in [0.15, 0.2) is 6.61 Å². The molecule has 1 aromatic rings. The van der Waals surface area contributed by atoms with Gasteiger partial charge in [0, 0.05) is 5.70 Å². The van der Waals surface area contributed by atoms with Crippen molar-refractivity contribution in [2.75, 3.05) is 13.3 Å². The van der Waals surface area contributed by atoms with E-state index in [9.17, 15) is 18.0 Å². The number of carbonyl (C=O) groups is 1. The van der Waals surface area contributed by atoms with Crippen molar-refractivity contribution in [3.8, 4) is 5.75 Å². The number of carboxylic acids is 1. The highest BCUT2D eigenvalue weighted by Crippen LogP contribution is 2.27. The summed E-state index contributed by atoms with van der Waals surface area (Å²) in [6.07, 6.45) is -2.88. The Morgan fingerprint density at radius 3 is 2.50 bits per heavy atom. The lowest BCUT2D eigenvalue weighted by molar-refractivity contribution is -0.153. The van der Waals surface area contributed by atoms with Gasteiger partial charge in [-0.05, 0) is 37.6 Å². The Bertz CT molecular complexity index is 666. The van der Waals surface area contributed by atoms with Crippen LogP contribution in [0, 0.1) is 0 Å². The number of alkyl halides is 3. The molecular weight excluding hydrogens is 325 g/mol. The van der Waals surface area contributed by atoms with E-state index in [1.165, 1.54) is 18.2 Å². The second-order valence-corrected chi connectivity index (χ2v) is 5.39. The summed E-state index contributed by atoms with van der Waals surface area (Å²) in [5, 5.41) is 8.95. The molecule has 2 rings (SSSR count). The summed E-state index contributed by atoms with van der Waals surface area (Å²) in [4.78, 5) is 16.8. The van der Waals surface area contributed by atoms with E-state index in [1.54, 1.807) is 19.1 Å². The van der Waals surface area contributed by atoms with Crippen molar-refractivity contribution in [1.29, 1.82) is 0 Å². The van der Waals surface area contributed by atoms with E-state index in [-0.39, 0.29) is 24.2 Å². The second-order valence-electron chi connectivity index (χ2n) is 5.39. The fourth-order valence-electron chi connectivity index (χ4n) is 2.34. The van der Waals surface area contributed by atoms with E-state index in [4.69, 9.17) is 5.11 Å². The molecule has 1 aromatic carbocycles. The highest BCUT2D eigenvalue weighted by molar-refractivity contribution is 6.40. The van der Waals surface area contributed by atoms with Gasteiger partial charge >= 0.3 is 12.1 Å². The largest absolute Gasteiger partial charge is 0.484 e. The Kier molecular flexibility index (Phi) is 5.16. The Labute approximate surface area is 137 Å². The van der Waals surface area contributed by atoms with E-state index >= 15 is 0 Å². The first-order chi connectivity index (χ1) is 11.2. The van der Waals surface area contributed by atoms with Crippen molar-refractivity contribution in [1.82, 2.24) is 4.90 Å². The van der Waals surface area contributed by atoms with Gasteiger partial charge in [-0.25, -0.2) is 4.79 Å². The number of rotatable bonds is 5. The van der Waals surface area contributed by atoms with Gasteiger partial charge in [-0.1, -0.05) is 12.1 Å². The fraction of sp³-hybridized carbons (Fsp3) is 0.375. The molecule has 1 unspecified atom stereocenters. The minimum Gasteiger partial charge on any atom is -0.484 e. The Balaban J connectivity index is 2.04. The summed E-state index contributed by atoms with van der Waals surface area (Å²) in [6, 6.07) is 6.20. The van der Waals surface area contributed by atoms with Crippen molar-refractivity contribution in [2.24, 2.45) is 4.99 Å². The van der Waals surface area contributed by atoms with Crippen LogP contribution < -0.4 is 4.74 Å². The zero-order chi connectivity index (χ0) is 17.9. The van der Waals surface area contributed by atoms with Crippen LogP contribution in [-0.2, 0) is 4.79 Å². The number of halogens is 3. The predicted molar refractivity (Wildman–Crippen MR) is 81.9 cm³/mol. The molecule has 0 bridgehead atoms. The van der Waals surface area contributed by atoms with Crippen LogP contribution in [0.2, 0.25) is 0 Å². The van der Waals surface area contributed by atoms with Crippen LogP contribution >= 0.6 is 0 Å². The number of benzene rings is 1. The van der Waals surface area contributed by atoms with Crippen LogP contribution in [0.25, 0.3) is 0 Å². The van der Waals surface area contributed by atoms with Crippen molar-refractivity contribution in [2.45, 2.75) is 26.1 Å². The molecule has 1 atom stereocenters. The highest BCUT2D eigenvalue weighted by atomic mass is 19.4. The summed E-state index contributed by atoms with van der Waals surface area (Å²) < 4.78 is 41.1. The Morgan fingerprint density at radius 1 is 1.38 bits per heavy atom. The van der Waals surface area contributed by atoms with Crippen LogP contribution in [0.1, 0.15) is 25.5 Å². The molecular formula is C16H17F3N2O3. The third-order valence-electron chi connectivity index (χ3n) is 3.64. The van der Waals surface area contributed by atoms with Gasteiger partial charge in [-0.3, -0.25) is 4.99 Å². The molecule has 1 N–H and O–H groups in total. The van der Waals surface area contributed by atoms with E-state index in [0.29, 0.717) is 0 Å². The first kappa shape index (κ1) is 17.8. The van der Waals surface area contributed by atoms with E-state index in [1.807, 2.05) is 11.8 Å². The lowest BCUT2D eigenvalue weighted by Crippen LogP contribution is -2.31. The molecule has 1 aliphatic heterocycles. The van der Waals surface area contributed by atoms with Crippen LogP contribution in [-0.4, -0.2) is 41.1 Å². The average Bonchev–Trinajstić information content (AvgIpc) is 2.52. The zero-order valence-electron chi connectivity index (χ0n) is 13.2. The molecule has 130 valence electrons. The minimum absolute atomic E-state index is 0.00634. The lowest BCUT2D eigenvalue weighted by atomic mass is 10.1. The van der Waals surface area contributed by atoms with Crippen LogP contribution in [0.4, 0.5) is 13.2 Å². The molecule has 1 heterocycles. The molecule has 0 amide bonds. The number of hydrogen-bond acceptors (Lipinski definition) is 4. The maximum Gasteiger partial charge on any atom is 0.422 e. The quantitative estimate of drug-likeness (QED) is 0.891. The number of carboxylic acid groups (broad SMARTS) is 1. The summed E-state index contributed by atoms with van der Waals surface area (Å²) in [5.74, 6) is -0.937. The maximum absolute atomic E-state index is 12.1. The van der Waals surface area contributed by atoms with Gasteiger partial charge in [0.1, 0.15) is 18.1 Å². The third kappa shape index (κ3) is 4.50. The van der Waals surface area contributed by atoms with Crippen LogP contribution in [0.3, 0.4) is 0 Å². The molecule has 0 spiro atoms. The first-order valence-electron chi connectivity index (χ1n) is 7.19. The number of aliphatic imine (C=N–C) groups is 1. The third-order valence-corrected chi connectivity index (χ3v) is 3.64. The maximum atomic E-state index is 12.1. The van der Waals surface area contributed by atoms with Crippen molar-refractivity contribution in [3.05, 3.63) is 41.6 Å². The lowest BCUT2D eigenvalue weighted by Gasteiger charge is -2.33. The van der Waals surface area contributed by atoms with Crippen LogP contribution in [0.5, 0.6) is 5.75 Å². The second kappa shape index (κ2) is 6.94. The summed E-state index contributed by atoms with van der Waals surface area (Å²) >= 11 is 0. The summed E-state index contributed by atoms with van der Waals surface area (Å²) in [5.41, 5.74) is 1.62. The van der Waals surface area contributed by atoms with Crippen molar-refractivity contribution >= 4 is 11.7 Å². The smallest absolute Gasteiger partial charge is 0.422 e.